The number of aromatic nitrogens is 2. The Morgan fingerprint density at radius 2 is 2.50 bits per heavy atom. The van der Waals surface area contributed by atoms with Gasteiger partial charge in [0.15, 0.2) is 5.82 Å². The number of nitrogens with one attached hydrogen (secondary N) is 2. The average Bonchev–Trinajstić information content (AvgIpc) is 2.85. The molecule has 2 rings (SSSR count). The van der Waals surface area contributed by atoms with Crippen LogP contribution in [0.15, 0.2) is 11.1 Å². The van der Waals surface area contributed by atoms with Gasteiger partial charge in [0.2, 0.25) is 0 Å². The van der Waals surface area contributed by atoms with E-state index in [9.17, 15) is 4.79 Å². The molecule has 0 aromatic carbocycles. The van der Waals surface area contributed by atoms with Gasteiger partial charge in [-0.1, -0.05) is 6.92 Å². The summed E-state index contributed by atoms with van der Waals surface area (Å²) in [4.78, 5) is 17.5. The van der Waals surface area contributed by atoms with Gasteiger partial charge in [0.05, 0.1) is 6.33 Å². The third-order valence-corrected chi connectivity index (χ3v) is 2.70. The van der Waals surface area contributed by atoms with Crippen LogP contribution in [0, 0.1) is 11.8 Å². The van der Waals surface area contributed by atoms with E-state index in [2.05, 4.69) is 22.2 Å². The maximum absolute atomic E-state index is 11.1. The van der Waals surface area contributed by atoms with Crippen LogP contribution in [-0.2, 0) is 0 Å². The molecule has 5 heteroatoms. The fourth-order valence-electron chi connectivity index (χ4n) is 1.46. The lowest BCUT2D eigenvalue weighted by atomic mass is 10.3. The van der Waals surface area contributed by atoms with Gasteiger partial charge in [-0.05, 0) is 18.3 Å². The molecule has 1 aliphatic carbocycles. The largest absolute Gasteiger partial charge is 0.391 e. The minimum absolute atomic E-state index is 0.167. The maximum atomic E-state index is 11.1. The summed E-state index contributed by atoms with van der Waals surface area (Å²) < 4.78 is 0. The number of nitrogen functional groups attached to an aromatic ring is 1. The van der Waals surface area contributed by atoms with Crippen LogP contribution >= 0.6 is 0 Å². The molecule has 5 nitrogen and oxygen atoms in total. The second kappa shape index (κ2) is 3.32. The number of nitrogens with two attached hydrogens (primary N) is 1. The fourth-order valence-corrected chi connectivity index (χ4v) is 1.46. The van der Waals surface area contributed by atoms with Gasteiger partial charge in [-0.3, -0.25) is 4.79 Å². The van der Waals surface area contributed by atoms with E-state index in [1.807, 2.05) is 0 Å². The predicted octanol–water partition coefficient (Wildman–Crippen LogP) is 0.420. The molecule has 1 aromatic heterocycles. The molecule has 0 saturated heterocycles. The first-order chi connectivity index (χ1) is 6.68. The maximum Gasteiger partial charge on any atom is 0.276 e. The molecule has 76 valence electrons. The van der Waals surface area contributed by atoms with Crippen LogP contribution in [-0.4, -0.2) is 16.5 Å². The standard InChI is InChI=1S/C9H14N4O/c1-5-2-6(5)3-11-8-7(10)9(14)13-4-12-8/h4-6H,2-3,10H2,1H3,(H2,11,12,13,14). The summed E-state index contributed by atoms with van der Waals surface area (Å²) >= 11 is 0. The topological polar surface area (TPSA) is 83.8 Å². The summed E-state index contributed by atoms with van der Waals surface area (Å²) in [6.07, 6.45) is 2.60. The molecule has 2 atom stereocenters. The number of H-pyrrole nitrogens is 1. The second-order valence-corrected chi connectivity index (χ2v) is 3.85. The lowest BCUT2D eigenvalue weighted by molar-refractivity contribution is 0.784. The number of nitrogens with zero attached hydrogens (tertiary/aromatic N) is 1. The molecule has 14 heavy (non-hydrogen) atoms. The van der Waals surface area contributed by atoms with Gasteiger partial charge in [-0.25, -0.2) is 4.98 Å². The van der Waals surface area contributed by atoms with Crippen molar-refractivity contribution in [1.29, 1.82) is 0 Å². The number of anilines is 2. The van der Waals surface area contributed by atoms with Crippen molar-refractivity contribution >= 4 is 11.5 Å². The van der Waals surface area contributed by atoms with Crippen LogP contribution in [0.25, 0.3) is 0 Å². The summed E-state index contributed by atoms with van der Waals surface area (Å²) in [5.74, 6) is 1.98. The molecule has 1 heterocycles. The molecule has 1 fully saturated rings. The van der Waals surface area contributed by atoms with Gasteiger partial charge in [0.25, 0.3) is 5.56 Å². The van der Waals surface area contributed by atoms with Gasteiger partial charge >= 0.3 is 0 Å². The molecule has 0 spiro atoms. The van der Waals surface area contributed by atoms with Crippen LogP contribution < -0.4 is 16.6 Å². The van der Waals surface area contributed by atoms with Crippen molar-refractivity contribution in [3.8, 4) is 0 Å². The van der Waals surface area contributed by atoms with Crippen LogP contribution in [0.4, 0.5) is 11.5 Å². The zero-order chi connectivity index (χ0) is 10.1. The van der Waals surface area contributed by atoms with Crippen molar-refractivity contribution in [3.63, 3.8) is 0 Å². The smallest absolute Gasteiger partial charge is 0.276 e. The lowest BCUT2D eigenvalue weighted by Crippen LogP contribution is -2.17. The molecule has 1 aromatic rings. The lowest BCUT2D eigenvalue weighted by Gasteiger charge is -2.05. The molecule has 1 aliphatic rings. The molecule has 2 unspecified atom stereocenters. The van der Waals surface area contributed by atoms with Gasteiger partial charge < -0.3 is 16.0 Å². The predicted molar refractivity (Wildman–Crippen MR) is 55.0 cm³/mol. The number of rotatable bonds is 3. The highest BCUT2D eigenvalue weighted by molar-refractivity contribution is 5.58. The quantitative estimate of drug-likeness (QED) is 0.651. The van der Waals surface area contributed by atoms with E-state index < -0.39 is 0 Å². The van der Waals surface area contributed by atoms with Gasteiger partial charge in [0, 0.05) is 6.54 Å². The second-order valence-electron chi connectivity index (χ2n) is 3.85. The number of hydrogen-bond acceptors (Lipinski definition) is 4. The Labute approximate surface area is 81.7 Å². The number of hydrogen-bond donors (Lipinski definition) is 3. The minimum atomic E-state index is -0.286. The fraction of sp³-hybridized carbons (Fsp3) is 0.556. The van der Waals surface area contributed by atoms with Gasteiger partial charge in [0.1, 0.15) is 5.69 Å². The molecule has 0 amide bonds. The molecule has 0 aliphatic heterocycles. The first-order valence-electron chi connectivity index (χ1n) is 4.75. The van der Waals surface area contributed by atoms with Gasteiger partial charge in [-0.2, -0.15) is 0 Å². The minimum Gasteiger partial charge on any atom is -0.391 e. The monoisotopic (exact) mass is 194 g/mol. The van der Waals surface area contributed by atoms with Crippen molar-refractivity contribution in [1.82, 2.24) is 9.97 Å². The molecule has 0 bridgehead atoms. The third kappa shape index (κ3) is 1.71. The first kappa shape index (κ1) is 9.05. The SMILES string of the molecule is CC1CC1CNc1nc[nH]c(=O)c1N. The summed E-state index contributed by atoms with van der Waals surface area (Å²) in [7, 11) is 0. The Morgan fingerprint density at radius 1 is 1.79 bits per heavy atom. The highest BCUT2D eigenvalue weighted by atomic mass is 16.1. The normalized spacial score (nSPS) is 24.6. The first-order valence-corrected chi connectivity index (χ1v) is 4.75. The molecule has 4 N–H and O–H groups in total. The summed E-state index contributed by atoms with van der Waals surface area (Å²) in [5.41, 5.74) is 5.44. The van der Waals surface area contributed by atoms with Crippen molar-refractivity contribution in [3.05, 3.63) is 16.7 Å². The van der Waals surface area contributed by atoms with E-state index in [-0.39, 0.29) is 11.2 Å². The summed E-state index contributed by atoms with van der Waals surface area (Å²) in [6.45, 7) is 3.06. The third-order valence-electron chi connectivity index (χ3n) is 2.70. The van der Waals surface area contributed by atoms with E-state index in [1.165, 1.54) is 12.7 Å². The van der Waals surface area contributed by atoms with E-state index >= 15 is 0 Å². The van der Waals surface area contributed by atoms with Crippen LogP contribution in [0.2, 0.25) is 0 Å². The zero-order valence-electron chi connectivity index (χ0n) is 8.08. The number of aromatic amines is 1. The van der Waals surface area contributed by atoms with Crippen LogP contribution in [0.1, 0.15) is 13.3 Å². The van der Waals surface area contributed by atoms with Gasteiger partial charge in [-0.15, -0.1) is 0 Å². The Kier molecular flexibility index (Phi) is 2.15. The highest BCUT2D eigenvalue weighted by Gasteiger charge is 2.32. The van der Waals surface area contributed by atoms with Crippen molar-refractivity contribution in [2.75, 3.05) is 17.6 Å². The molecule has 1 saturated carbocycles. The van der Waals surface area contributed by atoms with E-state index in [4.69, 9.17) is 5.73 Å². The molecular formula is C9H14N4O. The zero-order valence-corrected chi connectivity index (χ0v) is 8.08. The van der Waals surface area contributed by atoms with Crippen LogP contribution in [0.3, 0.4) is 0 Å². The van der Waals surface area contributed by atoms with E-state index in [0.717, 1.165) is 12.5 Å². The van der Waals surface area contributed by atoms with E-state index in [1.54, 1.807) is 0 Å². The summed E-state index contributed by atoms with van der Waals surface area (Å²) in [6, 6.07) is 0. The molecule has 0 radical (unpaired) electrons. The Hall–Kier alpha value is -1.52. The average molecular weight is 194 g/mol. The Balaban J connectivity index is 2.02. The van der Waals surface area contributed by atoms with Crippen molar-refractivity contribution < 1.29 is 0 Å². The Bertz CT molecular complexity index is 387. The summed E-state index contributed by atoms with van der Waals surface area (Å²) in [5, 5.41) is 3.09. The van der Waals surface area contributed by atoms with Crippen molar-refractivity contribution in [2.24, 2.45) is 11.8 Å². The van der Waals surface area contributed by atoms with Crippen molar-refractivity contribution in [2.45, 2.75) is 13.3 Å². The highest BCUT2D eigenvalue weighted by Crippen LogP contribution is 2.37. The molecular weight excluding hydrogens is 180 g/mol. The van der Waals surface area contributed by atoms with E-state index in [0.29, 0.717) is 11.7 Å². The van der Waals surface area contributed by atoms with Crippen LogP contribution in [0.5, 0.6) is 0 Å². The Morgan fingerprint density at radius 3 is 3.14 bits per heavy atom.